The van der Waals surface area contributed by atoms with Crippen molar-refractivity contribution >= 4 is 17.4 Å². The maximum Gasteiger partial charge on any atom is 0.315 e. The summed E-state index contributed by atoms with van der Waals surface area (Å²) < 4.78 is 18.8. The number of ether oxygens (including phenoxy) is 1. The van der Waals surface area contributed by atoms with E-state index < -0.39 is 0 Å². The van der Waals surface area contributed by atoms with Crippen LogP contribution in [0.2, 0.25) is 0 Å². The van der Waals surface area contributed by atoms with Crippen molar-refractivity contribution in [2.45, 2.75) is 38.0 Å². The molecule has 1 aliphatic heterocycles. The second kappa shape index (κ2) is 7.77. The molecule has 0 spiro atoms. The fraction of sp³-hybridized carbons (Fsp3) is 0.389. The summed E-state index contributed by atoms with van der Waals surface area (Å²) in [4.78, 5) is 13.4. The van der Waals surface area contributed by atoms with E-state index in [0.717, 1.165) is 29.9 Å². The maximum atomic E-state index is 13.2. The lowest BCUT2D eigenvalue weighted by molar-refractivity contribution is 0.0859. The number of amides is 2. The highest BCUT2D eigenvalue weighted by atomic mass is 32.1. The molecule has 1 saturated heterocycles. The summed E-state index contributed by atoms with van der Waals surface area (Å²) in [6.45, 7) is 2.71. The van der Waals surface area contributed by atoms with E-state index in [4.69, 9.17) is 4.74 Å². The van der Waals surface area contributed by atoms with E-state index in [1.807, 2.05) is 24.4 Å². The van der Waals surface area contributed by atoms with E-state index in [9.17, 15) is 9.18 Å². The second-order valence-electron chi connectivity index (χ2n) is 5.96. The number of urea groups is 1. The maximum absolute atomic E-state index is 13.2. The number of hydrogen-bond donors (Lipinski definition) is 2. The average molecular weight is 348 g/mol. The molecule has 3 atom stereocenters. The van der Waals surface area contributed by atoms with Crippen LogP contribution in [0.4, 0.5) is 9.18 Å². The Bertz CT molecular complexity index is 654. The fourth-order valence-corrected chi connectivity index (χ4v) is 3.70. The first-order chi connectivity index (χ1) is 11.6. The van der Waals surface area contributed by atoms with E-state index in [1.54, 1.807) is 23.5 Å². The van der Waals surface area contributed by atoms with Crippen LogP contribution in [-0.4, -0.2) is 24.8 Å². The minimum Gasteiger partial charge on any atom is -0.376 e. The van der Waals surface area contributed by atoms with Gasteiger partial charge < -0.3 is 15.4 Å². The molecule has 1 aliphatic rings. The lowest BCUT2D eigenvalue weighted by Crippen LogP contribution is -2.46. The van der Waals surface area contributed by atoms with E-state index in [0.29, 0.717) is 0 Å². The van der Waals surface area contributed by atoms with Gasteiger partial charge in [-0.2, -0.15) is 0 Å². The summed E-state index contributed by atoms with van der Waals surface area (Å²) >= 11 is 1.56. The first kappa shape index (κ1) is 16.9. The van der Waals surface area contributed by atoms with E-state index >= 15 is 0 Å². The Morgan fingerprint density at radius 2 is 2.08 bits per heavy atom. The van der Waals surface area contributed by atoms with Crippen LogP contribution in [0.1, 0.15) is 36.2 Å². The quantitative estimate of drug-likeness (QED) is 0.862. The van der Waals surface area contributed by atoms with Crippen LogP contribution in [0.25, 0.3) is 0 Å². The molecule has 0 bridgehead atoms. The summed E-state index contributed by atoms with van der Waals surface area (Å²) in [5, 5.41) is 7.90. The number of carbonyl (C=O) groups is 1. The highest BCUT2D eigenvalue weighted by molar-refractivity contribution is 7.10. The van der Waals surface area contributed by atoms with Crippen LogP contribution in [0.3, 0.4) is 0 Å². The average Bonchev–Trinajstić information content (AvgIpc) is 3.27. The third-order valence-corrected chi connectivity index (χ3v) is 5.12. The molecule has 128 valence electrons. The predicted molar refractivity (Wildman–Crippen MR) is 92.7 cm³/mol. The van der Waals surface area contributed by atoms with Gasteiger partial charge in [-0.05, 0) is 48.9 Å². The summed E-state index contributed by atoms with van der Waals surface area (Å²) in [6, 6.07) is 9.50. The highest BCUT2D eigenvalue weighted by Crippen LogP contribution is 2.26. The lowest BCUT2D eigenvalue weighted by Gasteiger charge is -2.23. The Labute approximate surface area is 145 Å². The molecule has 0 aliphatic carbocycles. The van der Waals surface area contributed by atoms with Crippen LogP contribution in [0.15, 0.2) is 41.8 Å². The molecular weight excluding hydrogens is 327 g/mol. The van der Waals surface area contributed by atoms with Gasteiger partial charge in [0.1, 0.15) is 5.82 Å². The van der Waals surface area contributed by atoms with Crippen molar-refractivity contribution in [1.29, 1.82) is 0 Å². The summed E-state index contributed by atoms with van der Waals surface area (Å²) in [5.74, 6) is -0.292. The number of halogens is 1. The predicted octanol–water partition coefficient (Wildman–Crippen LogP) is 3.84. The monoisotopic (exact) mass is 348 g/mol. The molecule has 1 aromatic carbocycles. The van der Waals surface area contributed by atoms with Gasteiger partial charge in [-0.25, -0.2) is 9.18 Å². The van der Waals surface area contributed by atoms with E-state index in [2.05, 4.69) is 10.6 Å². The SMILES string of the molecule is CC(NC(=O)NC(c1ccc(F)cc1)c1cccs1)C1CCCO1. The van der Waals surface area contributed by atoms with Crippen LogP contribution in [0, 0.1) is 5.82 Å². The van der Waals surface area contributed by atoms with Crippen molar-refractivity contribution in [2.24, 2.45) is 0 Å². The zero-order valence-electron chi connectivity index (χ0n) is 13.5. The molecule has 1 aromatic heterocycles. The lowest BCUT2D eigenvalue weighted by atomic mass is 10.1. The Hall–Kier alpha value is -1.92. The fourth-order valence-electron chi connectivity index (χ4n) is 2.90. The molecule has 2 heterocycles. The molecule has 3 unspecified atom stereocenters. The van der Waals surface area contributed by atoms with E-state index in [-0.39, 0.29) is 30.0 Å². The van der Waals surface area contributed by atoms with Gasteiger partial charge in [-0.3, -0.25) is 0 Å². The molecule has 0 radical (unpaired) electrons. The largest absolute Gasteiger partial charge is 0.376 e. The molecule has 2 amide bonds. The molecule has 2 aromatic rings. The standard InChI is InChI=1S/C18H21FN2O2S/c1-12(15-4-2-10-23-15)20-18(22)21-17(16-5-3-11-24-16)13-6-8-14(19)9-7-13/h3,5-9,11-12,15,17H,2,4,10H2,1H3,(H2,20,21,22). The molecule has 3 rings (SSSR count). The van der Waals surface area contributed by atoms with Gasteiger partial charge in [0.25, 0.3) is 0 Å². The molecule has 6 heteroatoms. The molecule has 2 N–H and O–H groups in total. The Balaban J connectivity index is 1.69. The van der Waals surface area contributed by atoms with Crippen LogP contribution >= 0.6 is 11.3 Å². The number of nitrogens with one attached hydrogen (secondary N) is 2. The van der Waals surface area contributed by atoms with Crippen molar-refractivity contribution in [1.82, 2.24) is 10.6 Å². The first-order valence-corrected chi connectivity index (χ1v) is 8.99. The number of hydrogen-bond acceptors (Lipinski definition) is 3. The summed E-state index contributed by atoms with van der Waals surface area (Å²) in [5.41, 5.74) is 0.846. The van der Waals surface area contributed by atoms with Gasteiger partial charge in [0.15, 0.2) is 0 Å². The first-order valence-electron chi connectivity index (χ1n) is 8.11. The van der Waals surface area contributed by atoms with Crippen molar-refractivity contribution in [3.05, 3.63) is 58.0 Å². The Morgan fingerprint density at radius 3 is 2.71 bits per heavy atom. The summed E-state index contributed by atoms with van der Waals surface area (Å²) in [6.07, 6.45) is 2.07. The van der Waals surface area contributed by atoms with Gasteiger partial charge in [0, 0.05) is 11.5 Å². The van der Waals surface area contributed by atoms with Gasteiger partial charge in [0.05, 0.1) is 18.2 Å². The van der Waals surface area contributed by atoms with Crippen LogP contribution in [-0.2, 0) is 4.74 Å². The Morgan fingerprint density at radius 1 is 1.29 bits per heavy atom. The van der Waals surface area contributed by atoms with Gasteiger partial charge in [-0.1, -0.05) is 18.2 Å². The summed E-state index contributed by atoms with van der Waals surface area (Å²) in [7, 11) is 0. The third-order valence-electron chi connectivity index (χ3n) is 4.19. The number of thiophene rings is 1. The molecule has 0 saturated carbocycles. The van der Waals surface area contributed by atoms with Crippen molar-refractivity contribution in [3.63, 3.8) is 0 Å². The molecule has 24 heavy (non-hydrogen) atoms. The topological polar surface area (TPSA) is 50.4 Å². The zero-order chi connectivity index (χ0) is 16.9. The van der Waals surface area contributed by atoms with Gasteiger partial charge in [0.2, 0.25) is 0 Å². The molecule has 1 fully saturated rings. The zero-order valence-corrected chi connectivity index (χ0v) is 14.3. The third kappa shape index (κ3) is 4.13. The van der Waals surface area contributed by atoms with Gasteiger partial charge >= 0.3 is 6.03 Å². The second-order valence-corrected chi connectivity index (χ2v) is 6.94. The minimum absolute atomic E-state index is 0.0512. The smallest absolute Gasteiger partial charge is 0.315 e. The number of carbonyl (C=O) groups excluding carboxylic acids is 1. The van der Waals surface area contributed by atoms with Crippen molar-refractivity contribution in [2.75, 3.05) is 6.61 Å². The minimum atomic E-state index is -0.303. The number of rotatable bonds is 5. The normalized spacial score (nSPS) is 19.7. The highest BCUT2D eigenvalue weighted by Gasteiger charge is 2.25. The molecule has 4 nitrogen and oxygen atoms in total. The number of benzene rings is 1. The van der Waals surface area contributed by atoms with E-state index in [1.165, 1.54) is 12.1 Å². The van der Waals surface area contributed by atoms with Crippen molar-refractivity contribution < 1.29 is 13.9 Å². The van der Waals surface area contributed by atoms with Gasteiger partial charge in [-0.15, -0.1) is 11.3 Å². The molecular formula is C18H21FN2O2S. The van der Waals surface area contributed by atoms with Crippen LogP contribution < -0.4 is 10.6 Å². The van der Waals surface area contributed by atoms with Crippen molar-refractivity contribution in [3.8, 4) is 0 Å². The van der Waals surface area contributed by atoms with Crippen LogP contribution in [0.5, 0.6) is 0 Å². The Kier molecular flexibility index (Phi) is 5.48.